The van der Waals surface area contributed by atoms with E-state index in [0.717, 1.165) is 31.2 Å². The van der Waals surface area contributed by atoms with E-state index in [4.69, 9.17) is 4.74 Å². The lowest BCUT2D eigenvalue weighted by molar-refractivity contribution is -0.384. The van der Waals surface area contributed by atoms with Gasteiger partial charge in [0.2, 0.25) is 0 Å². The van der Waals surface area contributed by atoms with Crippen molar-refractivity contribution in [2.24, 2.45) is 5.92 Å². The van der Waals surface area contributed by atoms with E-state index in [1.165, 1.54) is 6.07 Å². The smallest absolute Gasteiger partial charge is 0.306 e. The van der Waals surface area contributed by atoms with Gasteiger partial charge >= 0.3 is 5.97 Å². The Morgan fingerprint density at radius 1 is 1.29 bits per heavy atom. The molecule has 24 heavy (non-hydrogen) atoms. The zero-order chi connectivity index (χ0) is 17.7. The Morgan fingerprint density at radius 3 is 2.58 bits per heavy atom. The second kappa shape index (κ2) is 7.90. The van der Waals surface area contributed by atoms with E-state index in [0.29, 0.717) is 17.9 Å². The molecule has 7 nitrogen and oxygen atoms in total. The average Bonchev–Trinajstić information content (AvgIpc) is 3.02. The number of hydrogen-bond acceptors (Lipinski definition) is 5. The second-order valence-corrected chi connectivity index (χ2v) is 6.22. The van der Waals surface area contributed by atoms with Crippen LogP contribution in [0.25, 0.3) is 0 Å². The van der Waals surface area contributed by atoms with Crippen LogP contribution in [-0.4, -0.2) is 23.4 Å². The minimum Gasteiger partial charge on any atom is -0.456 e. The number of carbonyl (C=O) groups excluding carboxylic acids is 2. The third-order valence-electron chi connectivity index (χ3n) is 4.47. The number of rotatable bonds is 6. The van der Waals surface area contributed by atoms with Gasteiger partial charge in [-0.05, 0) is 43.7 Å². The van der Waals surface area contributed by atoms with Gasteiger partial charge in [-0.2, -0.15) is 0 Å². The molecule has 1 aliphatic rings. The van der Waals surface area contributed by atoms with Crippen molar-refractivity contribution < 1.29 is 19.2 Å². The summed E-state index contributed by atoms with van der Waals surface area (Å²) in [5, 5.41) is 13.6. The minimum absolute atomic E-state index is 0.150. The third kappa shape index (κ3) is 4.53. The highest BCUT2D eigenvalue weighted by molar-refractivity contribution is 5.96. The zero-order valence-electron chi connectivity index (χ0n) is 14.0. The van der Waals surface area contributed by atoms with Gasteiger partial charge in [0, 0.05) is 12.5 Å². The van der Waals surface area contributed by atoms with Crippen molar-refractivity contribution in [1.82, 2.24) is 0 Å². The molecular formula is C17H22N2O5. The molecule has 7 heteroatoms. The van der Waals surface area contributed by atoms with Gasteiger partial charge in [0.1, 0.15) is 5.69 Å². The van der Waals surface area contributed by atoms with Crippen molar-refractivity contribution in [1.29, 1.82) is 0 Å². The highest BCUT2D eigenvalue weighted by atomic mass is 16.6. The lowest BCUT2D eigenvalue weighted by Crippen LogP contribution is -2.22. The lowest BCUT2D eigenvalue weighted by Gasteiger charge is -2.12. The van der Waals surface area contributed by atoms with Crippen LogP contribution in [0.3, 0.4) is 0 Å². The maximum Gasteiger partial charge on any atom is 0.306 e. The molecule has 1 aromatic carbocycles. The van der Waals surface area contributed by atoms with Gasteiger partial charge < -0.3 is 10.1 Å². The predicted octanol–water partition coefficient (Wildman–Crippen LogP) is 3.27. The van der Waals surface area contributed by atoms with Gasteiger partial charge in [0.25, 0.3) is 11.6 Å². The minimum atomic E-state index is -0.577. The summed E-state index contributed by atoms with van der Waals surface area (Å²) in [4.78, 5) is 34.3. The van der Waals surface area contributed by atoms with E-state index in [1.807, 2.05) is 0 Å². The number of nitro benzene ring substituents is 1. The Kier molecular flexibility index (Phi) is 5.89. The Bertz CT molecular complexity index is 651. The van der Waals surface area contributed by atoms with E-state index < -0.39 is 23.4 Å². The number of hydrogen-bond donors (Lipinski definition) is 1. The van der Waals surface area contributed by atoms with E-state index in [-0.39, 0.29) is 11.4 Å². The fourth-order valence-corrected chi connectivity index (χ4v) is 2.94. The number of anilines is 1. The summed E-state index contributed by atoms with van der Waals surface area (Å²) in [5.74, 6) is -0.625. The third-order valence-corrected chi connectivity index (χ3v) is 4.47. The number of nitrogens with one attached hydrogen (secondary N) is 1. The van der Waals surface area contributed by atoms with Gasteiger partial charge in [-0.1, -0.05) is 18.9 Å². The summed E-state index contributed by atoms with van der Waals surface area (Å²) in [6, 6.07) is 2.98. The molecule has 1 aliphatic carbocycles. The molecule has 2 rings (SSSR count). The average molecular weight is 334 g/mol. The SMILES string of the molecule is Cc1ccc([N+](=O)[O-])c(NC(=O)COC(=O)CC2CCCC2)c1C. The Morgan fingerprint density at radius 2 is 1.96 bits per heavy atom. The molecule has 0 bridgehead atoms. The number of carbonyl (C=O) groups is 2. The first-order chi connectivity index (χ1) is 11.4. The molecule has 0 heterocycles. The number of esters is 1. The normalized spacial score (nSPS) is 14.4. The van der Waals surface area contributed by atoms with Crippen LogP contribution in [0.1, 0.15) is 43.2 Å². The van der Waals surface area contributed by atoms with Crippen molar-refractivity contribution in [3.8, 4) is 0 Å². The topological polar surface area (TPSA) is 98.5 Å². The Labute approximate surface area is 140 Å². The number of ether oxygens (including phenoxy) is 1. The summed E-state index contributed by atoms with van der Waals surface area (Å²) < 4.78 is 4.99. The molecular weight excluding hydrogens is 312 g/mol. The van der Waals surface area contributed by atoms with E-state index >= 15 is 0 Å². The standard InChI is InChI=1S/C17H22N2O5/c1-11-7-8-14(19(22)23)17(12(11)2)18-15(20)10-24-16(21)9-13-5-3-4-6-13/h7-8,13H,3-6,9-10H2,1-2H3,(H,18,20). The van der Waals surface area contributed by atoms with Gasteiger partial charge in [0.15, 0.2) is 6.61 Å². The molecule has 1 aromatic rings. The second-order valence-electron chi connectivity index (χ2n) is 6.22. The van der Waals surface area contributed by atoms with Crippen LogP contribution in [-0.2, 0) is 14.3 Å². The molecule has 0 aliphatic heterocycles. The molecule has 0 aromatic heterocycles. The molecule has 1 saturated carbocycles. The number of aryl methyl sites for hydroxylation is 1. The fraction of sp³-hybridized carbons (Fsp3) is 0.529. The van der Waals surface area contributed by atoms with E-state index in [1.54, 1.807) is 19.9 Å². The molecule has 1 amide bonds. The van der Waals surface area contributed by atoms with Crippen LogP contribution in [0.4, 0.5) is 11.4 Å². The van der Waals surface area contributed by atoms with Gasteiger partial charge in [-0.3, -0.25) is 19.7 Å². The van der Waals surface area contributed by atoms with Crippen LogP contribution in [0.2, 0.25) is 0 Å². The molecule has 0 radical (unpaired) electrons. The summed E-state index contributed by atoms with van der Waals surface area (Å²) in [7, 11) is 0. The van der Waals surface area contributed by atoms with Gasteiger partial charge in [-0.15, -0.1) is 0 Å². The molecule has 1 fully saturated rings. The van der Waals surface area contributed by atoms with Crippen molar-refractivity contribution in [3.63, 3.8) is 0 Å². The van der Waals surface area contributed by atoms with Crippen LogP contribution < -0.4 is 5.32 Å². The lowest BCUT2D eigenvalue weighted by atomic mass is 10.0. The maximum atomic E-state index is 12.0. The first kappa shape index (κ1) is 17.9. The number of nitrogens with zero attached hydrogens (tertiary/aromatic N) is 1. The number of benzene rings is 1. The zero-order valence-corrected chi connectivity index (χ0v) is 14.0. The van der Waals surface area contributed by atoms with Crippen LogP contribution in [0, 0.1) is 29.9 Å². The molecule has 130 valence electrons. The Hall–Kier alpha value is -2.44. The van der Waals surface area contributed by atoms with E-state index in [9.17, 15) is 19.7 Å². The molecule has 0 spiro atoms. The first-order valence-corrected chi connectivity index (χ1v) is 8.08. The predicted molar refractivity (Wildman–Crippen MR) is 88.7 cm³/mol. The largest absolute Gasteiger partial charge is 0.456 e. The van der Waals surface area contributed by atoms with Crippen LogP contribution >= 0.6 is 0 Å². The summed E-state index contributed by atoms with van der Waals surface area (Å²) in [6.07, 6.45) is 4.65. The van der Waals surface area contributed by atoms with Crippen LogP contribution in [0.5, 0.6) is 0 Å². The van der Waals surface area contributed by atoms with Gasteiger partial charge in [0.05, 0.1) is 4.92 Å². The van der Waals surface area contributed by atoms with Crippen molar-refractivity contribution in [2.45, 2.75) is 46.0 Å². The highest BCUT2D eigenvalue weighted by Crippen LogP contribution is 2.30. The molecule has 0 saturated heterocycles. The van der Waals surface area contributed by atoms with Crippen molar-refractivity contribution in [3.05, 3.63) is 33.4 Å². The first-order valence-electron chi connectivity index (χ1n) is 8.08. The van der Waals surface area contributed by atoms with Gasteiger partial charge in [-0.25, -0.2) is 0 Å². The number of amides is 1. The summed E-state index contributed by atoms with van der Waals surface area (Å²) in [5.41, 5.74) is 1.42. The maximum absolute atomic E-state index is 12.0. The van der Waals surface area contributed by atoms with Crippen molar-refractivity contribution in [2.75, 3.05) is 11.9 Å². The molecule has 1 N–H and O–H groups in total. The quantitative estimate of drug-likeness (QED) is 0.489. The monoisotopic (exact) mass is 334 g/mol. The van der Waals surface area contributed by atoms with E-state index in [2.05, 4.69) is 5.32 Å². The Balaban J connectivity index is 1.93. The molecule has 0 atom stereocenters. The highest BCUT2D eigenvalue weighted by Gasteiger charge is 2.22. The summed E-state index contributed by atoms with van der Waals surface area (Å²) >= 11 is 0. The van der Waals surface area contributed by atoms with Crippen molar-refractivity contribution >= 4 is 23.3 Å². The summed E-state index contributed by atoms with van der Waals surface area (Å²) in [6.45, 7) is 3.07. The van der Waals surface area contributed by atoms with Crippen LogP contribution in [0.15, 0.2) is 12.1 Å². The number of nitro groups is 1. The fourth-order valence-electron chi connectivity index (χ4n) is 2.94. The molecule has 0 unspecified atom stereocenters.